The van der Waals surface area contributed by atoms with Crippen LogP contribution in [0.25, 0.3) is 0 Å². The minimum absolute atomic E-state index is 0.235. The molecule has 3 fully saturated rings. The Kier molecular flexibility index (Phi) is 46.9. The number of hydrogen-bond donors (Lipinski definition) is 12. The second-order valence-corrected chi connectivity index (χ2v) is 25.4. The van der Waals surface area contributed by atoms with E-state index < -0.39 is 124 Å². The highest BCUT2D eigenvalue weighted by Gasteiger charge is 2.53. The van der Waals surface area contributed by atoms with Gasteiger partial charge in [-0.3, -0.25) is 4.79 Å². The Morgan fingerprint density at radius 3 is 1.14 bits per heavy atom. The third kappa shape index (κ3) is 33.2. The second kappa shape index (κ2) is 51.4. The summed E-state index contributed by atoms with van der Waals surface area (Å²) >= 11 is 0. The van der Waals surface area contributed by atoms with Gasteiger partial charge in [0, 0.05) is 6.42 Å². The Hall–Kier alpha value is -1.99. The van der Waals surface area contributed by atoms with Crippen LogP contribution in [-0.4, -0.2) is 193 Å². The van der Waals surface area contributed by atoms with E-state index in [1.807, 2.05) is 19.1 Å². The van der Waals surface area contributed by atoms with Crippen molar-refractivity contribution in [1.29, 1.82) is 0 Å². The molecule has 0 spiro atoms. The first-order chi connectivity index (χ1) is 42.8. The lowest BCUT2D eigenvalue weighted by Gasteiger charge is -2.48. The van der Waals surface area contributed by atoms with Gasteiger partial charge in [-0.05, 0) is 39.0 Å². The highest BCUT2D eigenvalue weighted by Crippen LogP contribution is 2.33. The van der Waals surface area contributed by atoms with Crippen LogP contribution in [0.3, 0.4) is 0 Å². The molecule has 88 heavy (non-hydrogen) atoms. The average Bonchev–Trinajstić information content (AvgIpc) is 2.01. The Morgan fingerprint density at radius 1 is 0.420 bits per heavy atom. The summed E-state index contributed by atoms with van der Waals surface area (Å²) < 4.78 is 34.2. The predicted octanol–water partition coefficient (Wildman–Crippen LogP) is 9.22. The van der Waals surface area contributed by atoms with Gasteiger partial charge < -0.3 is 89.9 Å². The van der Waals surface area contributed by atoms with Crippen molar-refractivity contribution >= 4 is 5.91 Å². The van der Waals surface area contributed by atoms with E-state index in [0.717, 1.165) is 38.5 Å². The highest BCUT2D eigenvalue weighted by molar-refractivity contribution is 5.76. The fraction of sp³-hybridized carbons (Fsp3) is 0.899. The summed E-state index contributed by atoms with van der Waals surface area (Å²) in [5.74, 6) is -0.289. The lowest BCUT2D eigenvalue weighted by Crippen LogP contribution is -2.66. The van der Waals surface area contributed by atoms with E-state index in [1.165, 1.54) is 193 Å². The van der Waals surface area contributed by atoms with Crippen molar-refractivity contribution in [2.24, 2.45) is 0 Å². The molecule has 3 heterocycles. The lowest BCUT2D eigenvalue weighted by molar-refractivity contribution is -0.379. The first-order valence-corrected chi connectivity index (χ1v) is 35.2. The van der Waals surface area contributed by atoms with E-state index in [-0.39, 0.29) is 18.9 Å². The van der Waals surface area contributed by atoms with Gasteiger partial charge in [-0.25, -0.2) is 0 Å². The molecule has 3 rings (SSSR count). The Labute approximate surface area is 530 Å². The van der Waals surface area contributed by atoms with Crippen molar-refractivity contribution in [1.82, 2.24) is 5.32 Å². The lowest BCUT2D eigenvalue weighted by atomic mass is 9.96. The van der Waals surface area contributed by atoms with Gasteiger partial charge >= 0.3 is 0 Å². The van der Waals surface area contributed by atoms with E-state index in [2.05, 4.69) is 30.5 Å². The zero-order valence-corrected chi connectivity index (χ0v) is 54.5. The zero-order chi connectivity index (χ0) is 64.0. The molecular formula is C69H127NO18. The van der Waals surface area contributed by atoms with Crippen molar-refractivity contribution in [3.8, 4) is 0 Å². The monoisotopic (exact) mass is 1260 g/mol. The molecule has 0 bridgehead atoms. The van der Waals surface area contributed by atoms with E-state index in [1.54, 1.807) is 6.08 Å². The minimum atomic E-state index is -1.98. The molecule has 19 heteroatoms. The number of ether oxygens (including phenoxy) is 6. The van der Waals surface area contributed by atoms with Crippen LogP contribution in [0.4, 0.5) is 0 Å². The molecule has 17 unspecified atom stereocenters. The van der Waals surface area contributed by atoms with Gasteiger partial charge in [0.05, 0.1) is 38.6 Å². The number of rotatable bonds is 54. The first kappa shape index (κ1) is 80.2. The number of carbonyl (C=O) groups excluding carboxylic acids is 1. The van der Waals surface area contributed by atoms with Crippen LogP contribution in [0.15, 0.2) is 36.5 Å². The van der Waals surface area contributed by atoms with Crippen LogP contribution in [0.2, 0.25) is 0 Å². The molecular weight excluding hydrogens is 1130 g/mol. The molecule has 0 aromatic rings. The van der Waals surface area contributed by atoms with Crippen LogP contribution < -0.4 is 5.32 Å². The van der Waals surface area contributed by atoms with Crippen LogP contribution in [0, 0.1) is 0 Å². The molecule has 3 saturated heterocycles. The smallest absolute Gasteiger partial charge is 0.220 e. The van der Waals surface area contributed by atoms with Crippen LogP contribution >= 0.6 is 0 Å². The SMILES string of the molecule is C/C=C/CC/C=C/CC/C=C/C(O)C(COC1OC(CO)C(OC2OC(CO)C(OC3OC(CO)C(O)C(O)C3O)C(O)C2O)C(O)C1O)NC(=O)CCCCCCCCCCCCCCCCCCCCCCCCCCCCCCCCCCCC. The topological polar surface area (TPSA) is 307 Å². The van der Waals surface area contributed by atoms with Crippen molar-refractivity contribution in [3.05, 3.63) is 36.5 Å². The third-order valence-electron chi connectivity index (χ3n) is 17.8. The van der Waals surface area contributed by atoms with Crippen molar-refractivity contribution in [2.45, 2.75) is 369 Å². The van der Waals surface area contributed by atoms with Gasteiger partial charge in [-0.2, -0.15) is 0 Å². The summed E-state index contributed by atoms with van der Waals surface area (Å²) in [6.07, 6.45) is 33.6. The van der Waals surface area contributed by atoms with Gasteiger partial charge in [0.15, 0.2) is 18.9 Å². The van der Waals surface area contributed by atoms with Gasteiger partial charge in [0.2, 0.25) is 5.91 Å². The predicted molar refractivity (Wildman–Crippen MR) is 342 cm³/mol. The first-order valence-electron chi connectivity index (χ1n) is 35.2. The normalized spacial score (nSPS) is 28.6. The van der Waals surface area contributed by atoms with E-state index in [4.69, 9.17) is 28.4 Å². The minimum Gasteiger partial charge on any atom is -0.394 e. The maximum atomic E-state index is 13.3. The largest absolute Gasteiger partial charge is 0.394 e. The van der Waals surface area contributed by atoms with E-state index in [0.29, 0.717) is 12.8 Å². The molecule has 0 aromatic carbocycles. The molecule has 1 amide bonds. The van der Waals surface area contributed by atoms with Crippen LogP contribution in [0.1, 0.15) is 264 Å². The number of allylic oxidation sites excluding steroid dienone is 5. The van der Waals surface area contributed by atoms with Crippen molar-refractivity contribution < 1.29 is 89.4 Å². The Bertz CT molecular complexity index is 1740. The van der Waals surface area contributed by atoms with Crippen molar-refractivity contribution in [3.63, 3.8) is 0 Å². The fourth-order valence-electron chi connectivity index (χ4n) is 12.1. The van der Waals surface area contributed by atoms with Gasteiger partial charge in [-0.1, -0.05) is 255 Å². The Morgan fingerprint density at radius 2 is 0.750 bits per heavy atom. The maximum Gasteiger partial charge on any atom is 0.220 e. The number of hydrogen-bond acceptors (Lipinski definition) is 18. The van der Waals surface area contributed by atoms with E-state index >= 15 is 0 Å². The average molecular weight is 1260 g/mol. The van der Waals surface area contributed by atoms with Crippen molar-refractivity contribution in [2.75, 3.05) is 26.4 Å². The molecule has 0 saturated carbocycles. The van der Waals surface area contributed by atoms with Gasteiger partial charge in [0.25, 0.3) is 0 Å². The summed E-state index contributed by atoms with van der Waals surface area (Å²) in [5.41, 5.74) is 0. The quantitative estimate of drug-likeness (QED) is 0.0199. The molecule has 12 N–H and O–H groups in total. The van der Waals surface area contributed by atoms with Gasteiger partial charge in [0.1, 0.15) is 73.2 Å². The number of unbranched alkanes of at least 4 members (excludes halogenated alkanes) is 35. The molecule has 0 radical (unpaired) electrons. The fourth-order valence-corrected chi connectivity index (χ4v) is 12.1. The number of amides is 1. The summed E-state index contributed by atoms with van der Waals surface area (Å²) in [7, 11) is 0. The van der Waals surface area contributed by atoms with Crippen LogP contribution in [-0.2, 0) is 33.2 Å². The number of nitrogens with one attached hydrogen (secondary N) is 1. The Balaban J connectivity index is 1.30. The molecule has 516 valence electrons. The highest BCUT2D eigenvalue weighted by atomic mass is 16.8. The summed E-state index contributed by atoms with van der Waals surface area (Å²) in [6, 6.07) is -0.992. The molecule has 0 aliphatic carbocycles. The molecule has 17 atom stereocenters. The zero-order valence-electron chi connectivity index (χ0n) is 54.5. The molecule has 0 aromatic heterocycles. The number of carbonyl (C=O) groups is 1. The number of aliphatic hydroxyl groups is 11. The summed E-state index contributed by atoms with van der Waals surface area (Å²) in [6.45, 7) is 1.48. The summed E-state index contributed by atoms with van der Waals surface area (Å²) in [4.78, 5) is 13.3. The molecule has 3 aliphatic rings. The number of aliphatic hydroxyl groups excluding tert-OH is 11. The second-order valence-electron chi connectivity index (χ2n) is 25.4. The maximum absolute atomic E-state index is 13.3. The van der Waals surface area contributed by atoms with Gasteiger partial charge in [-0.15, -0.1) is 0 Å². The third-order valence-corrected chi connectivity index (χ3v) is 17.8. The van der Waals surface area contributed by atoms with Crippen LogP contribution in [0.5, 0.6) is 0 Å². The summed E-state index contributed by atoms with van der Waals surface area (Å²) in [5, 5.41) is 120. The van der Waals surface area contributed by atoms with E-state index in [9.17, 15) is 61.0 Å². The molecule has 3 aliphatic heterocycles. The standard InChI is InChI=1S/C69H127NO18/c1-3-5-7-9-11-13-14-15-16-17-18-19-20-21-22-23-24-25-26-27-28-29-30-31-32-33-34-35-36-37-39-41-43-45-47-57(75)70-52(53(74)46-44-42-40-38-12-10-8-6-4-2)51-83-67-63(81)60(78)65(55(49-72)85-67)88-69-64(82)61(79)66(56(50-73)86-69)87-68-62(80)59(77)58(76)54(48-71)84-68/h4,6,12,38,44,46,52-56,58-69,71-74,76-82H,3,5,7-11,13-37,39-43,45,47-51H2,1-2H3,(H,70,75)/b6-4+,38-12+,46-44+. The molecule has 19 nitrogen and oxygen atoms in total.